The van der Waals surface area contributed by atoms with Gasteiger partial charge in [-0.1, -0.05) is 0 Å². The van der Waals surface area contributed by atoms with Gasteiger partial charge < -0.3 is 9.47 Å². The summed E-state index contributed by atoms with van der Waals surface area (Å²) >= 11 is 0. The number of hydrogen-bond donors (Lipinski definition) is 0. The summed E-state index contributed by atoms with van der Waals surface area (Å²) in [5.41, 5.74) is -1.28. The smallest absolute Gasteiger partial charge is 0.342 e. The van der Waals surface area contributed by atoms with Crippen molar-refractivity contribution in [2.24, 2.45) is 11.8 Å². The van der Waals surface area contributed by atoms with Crippen LogP contribution in [0.2, 0.25) is 0 Å². The molecule has 0 atom stereocenters. The first-order valence-electron chi connectivity index (χ1n) is 9.19. The van der Waals surface area contributed by atoms with Crippen LogP contribution in [0.4, 0.5) is 13.2 Å². The van der Waals surface area contributed by atoms with Crippen LogP contribution >= 0.6 is 0 Å². The van der Waals surface area contributed by atoms with Crippen LogP contribution in [0.1, 0.15) is 31.4 Å². The van der Waals surface area contributed by atoms with Gasteiger partial charge in [0, 0.05) is 31.7 Å². The molecule has 0 radical (unpaired) electrons. The van der Waals surface area contributed by atoms with Gasteiger partial charge in [0.2, 0.25) is 5.91 Å². The highest BCUT2D eigenvalue weighted by molar-refractivity contribution is 5.81. The zero-order valence-corrected chi connectivity index (χ0v) is 14.7. The lowest BCUT2D eigenvalue weighted by Gasteiger charge is -2.32. The third-order valence-corrected chi connectivity index (χ3v) is 5.43. The van der Waals surface area contributed by atoms with Crippen molar-refractivity contribution in [3.05, 3.63) is 40.4 Å². The molecule has 0 unspecified atom stereocenters. The van der Waals surface area contributed by atoms with E-state index in [1.807, 2.05) is 4.90 Å². The van der Waals surface area contributed by atoms with Crippen molar-refractivity contribution in [2.45, 2.75) is 38.4 Å². The third-order valence-electron chi connectivity index (χ3n) is 5.43. The average molecular weight is 379 g/mol. The Hall–Kier alpha value is -2.38. The zero-order valence-electron chi connectivity index (χ0n) is 14.7. The van der Waals surface area contributed by atoms with E-state index >= 15 is 0 Å². The molecule has 3 heterocycles. The Morgan fingerprint density at radius 2 is 1.81 bits per heavy atom. The fourth-order valence-electron chi connectivity index (χ4n) is 3.67. The molecule has 8 heteroatoms. The Labute approximate surface area is 153 Å². The molecule has 2 aromatic heterocycles. The van der Waals surface area contributed by atoms with Crippen LogP contribution in [-0.2, 0) is 17.5 Å². The highest BCUT2D eigenvalue weighted by Gasteiger charge is 2.35. The SMILES string of the molecule is O=C(C1CC1)N1CCC(Cn2ccc3nc(C(F)(F)F)ccc3c2=O)CC1. The van der Waals surface area contributed by atoms with Crippen LogP contribution in [0.15, 0.2) is 29.2 Å². The number of piperidine rings is 1. The van der Waals surface area contributed by atoms with Crippen molar-refractivity contribution in [3.8, 4) is 0 Å². The molecule has 27 heavy (non-hydrogen) atoms. The summed E-state index contributed by atoms with van der Waals surface area (Å²) in [6, 6.07) is 3.49. The van der Waals surface area contributed by atoms with Gasteiger partial charge in [-0.25, -0.2) is 4.98 Å². The molecule has 0 spiro atoms. The second-order valence-electron chi connectivity index (χ2n) is 7.44. The highest BCUT2D eigenvalue weighted by Crippen LogP contribution is 2.32. The number of carbonyl (C=O) groups is 1. The monoisotopic (exact) mass is 379 g/mol. The summed E-state index contributed by atoms with van der Waals surface area (Å²) in [7, 11) is 0. The van der Waals surface area contributed by atoms with Gasteiger partial charge in [0.25, 0.3) is 5.56 Å². The second-order valence-corrected chi connectivity index (χ2v) is 7.44. The predicted molar refractivity (Wildman–Crippen MR) is 93.0 cm³/mol. The number of carbonyl (C=O) groups excluding carboxylic acids is 1. The van der Waals surface area contributed by atoms with Crippen LogP contribution in [0.5, 0.6) is 0 Å². The van der Waals surface area contributed by atoms with E-state index in [2.05, 4.69) is 4.98 Å². The first-order valence-corrected chi connectivity index (χ1v) is 9.19. The van der Waals surface area contributed by atoms with E-state index in [0.29, 0.717) is 19.6 Å². The summed E-state index contributed by atoms with van der Waals surface area (Å²) in [5, 5.41) is 0.187. The summed E-state index contributed by atoms with van der Waals surface area (Å²) < 4.78 is 39.9. The number of likely N-dealkylation sites (tertiary alicyclic amines) is 1. The Morgan fingerprint density at radius 1 is 1.11 bits per heavy atom. The largest absolute Gasteiger partial charge is 0.433 e. The van der Waals surface area contributed by atoms with Crippen molar-refractivity contribution in [2.75, 3.05) is 13.1 Å². The molecule has 1 saturated carbocycles. The van der Waals surface area contributed by atoms with E-state index in [0.717, 1.165) is 31.7 Å². The second kappa shape index (κ2) is 6.65. The van der Waals surface area contributed by atoms with E-state index in [-0.39, 0.29) is 34.2 Å². The third kappa shape index (κ3) is 3.70. The van der Waals surface area contributed by atoms with Crippen LogP contribution in [-0.4, -0.2) is 33.4 Å². The fraction of sp³-hybridized carbons (Fsp3) is 0.526. The Morgan fingerprint density at radius 3 is 2.44 bits per heavy atom. The minimum Gasteiger partial charge on any atom is -0.342 e. The molecule has 1 amide bonds. The molecular weight excluding hydrogens is 359 g/mol. The molecule has 2 aromatic rings. The number of rotatable bonds is 3. The van der Waals surface area contributed by atoms with E-state index < -0.39 is 11.9 Å². The maximum Gasteiger partial charge on any atom is 0.433 e. The van der Waals surface area contributed by atoms with E-state index in [4.69, 9.17) is 0 Å². The van der Waals surface area contributed by atoms with Gasteiger partial charge in [-0.05, 0) is 49.8 Å². The van der Waals surface area contributed by atoms with Crippen molar-refractivity contribution < 1.29 is 18.0 Å². The Kier molecular flexibility index (Phi) is 4.44. The first-order chi connectivity index (χ1) is 12.8. The maximum absolute atomic E-state index is 12.8. The van der Waals surface area contributed by atoms with E-state index in [1.165, 1.54) is 18.3 Å². The van der Waals surface area contributed by atoms with Crippen molar-refractivity contribution in [1.29, 1.82) is 0 Å². The standard InChI is InChI=1S/C19H20F3N3O2/c20-19(21,22)16-4-3-14-15(23-16)7-10-25(18(14)27)11-12-5-8-24(9-6-12)17(26)13-1-2-13/h3-4,7,10,12-13H,1-2,5-6,8-9,11H2. The van der Waals surface area contributed by atoms with E-state index in [9.17, 15) is 22.8 Å². The number of fused-ring (bicyclic) bond motifs is 1. The number of amides is 1. The number of nitrogens with zero attached hydrogens (tertiary/aromatic N) is 3. The lowest BCUT2D eigenvalue weighted by atomic mass is 9.96. The minimum atomic E-state index is -4.53. The summed E-state index contributed by atoms with van der Waals surface area (Å²) in [6.07, 6.45) is 0.627. The molecule has 144 valence electrons. The number of alkyl halides is 3. The highest BCUT2D eigenvalue weighted by atomic mass is 19.4. The maximum atomic E-state index is 12.8. The topological polar surface area (TPSA) is 55.2 Å². The van der Waals surface area contributed by atoms with Crippen LogP contribution in [0.25, 0.3) is 10.9 Å². The molecule has 0 bridgehead atoms. The summed E-state index contributed by atoms with van der Waals surface area (Å²) in [4.78, 5) is 30.2. The van der Waals surface area contributed by atoms with Crippen molar-refractivity contribution in [1.82, 2.24) is 14.5 Å². The van der Waals surface area contributed by atoms with Crippen LogP contribution in [0, 0.1) is 11.8 Å². The molecule has 1 saturated heterocycles. The van der Waals surface area contributed by atoms with Gasteiger partial charge in [0.1, 0.15) is 5.69 Å². The summed E-state index contributed by atoms with van der Waals surface area (Å²) in [5.74, 6) is 0.743. The van der Waals surface area contributed by atoms with E-state index in [1.54, 1.807) is 4.57 Å². The van der Waals surface area contributed by atoms with Gasteiger partial charge in [-0.3, -0.25) is 9.59 Å². The van der Waals surface area contributed by atoms with Gasteiger partial charge in [-0.2, -0.15) is 13.2 Å². The van der Waals surface area contributed by atoms with Crippen molar-refractivity contribution >= 4 is 16.8 Å². The van der Waals surface area contributed by atoms with Crippen LogP contribution < -0.4 is 5.56 Å². The zero-order chi connectivity index (χ0) is 19.2. The van der Waals surface area contributed by atoms with Gasteiger partial charge in [0.05, 0.1) is 10.9 Å². The Balaban J connectivity index is 1.47. The minimum absolute atomic E-state index is 0.0518. The lowest BCUT2D eigenvalue weighted by molar-refractivity contribution is -0.141. The molecule has 0 N–H and O–H groups in total. The molecule has 1 aliphatic heterocycles. The Bertz CT molecular complexity index is 926. The van der Waals surface area contributed by atoms with Crippen LogP contribution in [0.3, 0.4) is 0 Å². The predicted octanol–water partition coefficient (Wildman–Crippen LogP) is 3.06. The molecule has 4 rings (SSSR count). The average Bonchev–Trinajstić information content (AvgIpc) is 3.48. The molecule has 1 aliphatic carbocycles. The van der Waals surface area contributed by atoms with Gasteiger partial charge in [0.15, 0.2) is 0 Å². The molecule has 2 fully saturated rings. The molecule has 0 aromatic carbocycles. The van der Waals surface area contributed by atoms with Gasteiger partial charge in [-0.15, -0.1) is 0 Å². The normalized spacial score (nSPS) is 18.9. The number of aromatic nitrogens is 2. The fourth-order valence-corrected chi connectivity index (χ4v) is 3.67. The van der Waals surface area contributed by atoms with Crippen molar-refractivity contribution in [3.63, 3.8) is 0 Å². The number of pyridine rings is 2. The molecule has 5 nitrogen and oxygen atoms in total. The molecule has 2 aliphatic rings. The molecular formula is C19H20F3N3O2. The van der Waals surface area contributed by atoms with Gasteiger partial charge >= 0.3 is 6.18 Å². The number of halogens is 3. The quantitative estimate of drug-likeness (QED) is 0.824. The number of hydrogen-bond acceptors (Lipinski definition) is 3. The lowest BCUT2D eigenvalue weighted by Crippen LogP contribution is -2.40. The summed E-state index contributed by atoms with van der Waals surface area (Å²) in [6.45, 7) is 1.92. The first kappa shape index (κ1) is 18.0.